The van der Waals surface area contributed by atoms with Gasteiger partial charge in [0, 0.05) is 19.1 Å². The van der Waals surface area contributed by atoms with Crippen LogP contribution in [-0.4, -0.2) is 28.3 Å². The van der Waals surface area contributed by atoms with Gasteiger partial charge in [-0.2, -0.15) is 0 Å². The molecule has 1 amide bonds. The Hall–Kier alpha value is -2.42. The monoisotopic (exact) mass is 399 g/mol. The minimum absolute atomic E-state index is 0.00888. The number of aromatic nitrogens is 2. The molecule has 0 saturated carbocycles. The van der Waals surface area contributed by atoms with Gasteiger partial charge in [-0.3, -0.25) is 14.9 Å². The molecule has 0 aliphatic carbocycles. The van der Waals surface area contributed by atoms with Crippen molar-refractivity contribution in [2.75, 3.05) is 11.9 Å². The molecule has 0 spiro atoms. The summed E-state index contributed by atoms with van der Waals surface area (Å²) in [6.07, 6.45) is 3.50. The van der Waals surface area contributed by atoms with Gasteiger partial charge in [-0.15, -0.1) is 11.3 Å². The second-order valence-corrected chi connectivity index (χ2v) is 8.20. The maximum absolute atomic E-state index is 12.6. The van der Waals surface area contributed by atoms with Crippen LogP contribution in [-0.2, 0) is 4.74 Å². The quantitative estimate of drug-likeness (QED) is 0.636. The fraction of sp³-hybridized carbons (Fsp3) is 0.263. The number of carbonyl (C=O) groups is 2. The molecule has 3 heterocycles. The summed E-state index contributed by atoms with van der Waals surface area (Å²) < 4.78 is 5.61. The normalized spacial score (nSPS) is 16.4. The summed E-state index contributed by atoms with van der Waals surface area (Å²) in [6.45, 7) is 2.24. The van der Waals surface area contributed by atoms with Gasteiger partial charge in [0.1, 0.15) is 16.0 Å². The molecule has 138 valence electrons. The Morgan fingerprint density at radius 3 is 2.74 bits per heavy atom. The molecule has 1 aromatic carbocycles. The van der Waals surface area contributed by atoms with E-state index in [1.54, 1.807) is 6.20 Å². The van der Waals surface area contributed by atoms with Crippen molar-refractivity contribution in [3.05, 3.63) is 51.3 Å². The van der Waals surface area contributed by atoms with Crippen LogP contribution in [0.2, 0.25) is 0 Å². The Kier molecular flexibility index (Phi) is 5.11. The molecule has 2 aromatic heterocycles. The van der Waals surface area contributed by atoms with Gasteiger partial charge >= 0.3 is 0 Å². The van der Waals surface area contributed by atoms with Crippen LogP contribution in [0.4, 0.5) is 5.13 Å². The predicted molar refractivity (Wildman–Crippen MR) is 106 cm³/mol. The lowest BCUT2D eigenvalue weighted by atomic mass is 10.1. The fourth-order valence-electron chi connectivity index (χ4n) is 2.88. The molecule has 8 heteroatoms. The van der Waals surface area contributed by atoms with Gasteiger partial charge in [0.05, 0.1) is 16.8 Å². The highest BCUT2D eigenvalue weighted by Gasteiger charge is 2.23. The van der Waals surface area contributed by atoms with Crippen molar-refractivity contribution in [1.29, 1.82) is 0 Å². The van der Waals surface area contributed by atoms with Crippen LogP contribution in [0.1, 0.15) is 50.2 Å². The van der Waals surface area contributed by atoms with Crippen molar-refractivity contribution in [2.45, 2.75) is 25.9 Å². The summed E-state index contributed by atoms with van der Waals surface area (Å²) in [5.41, 5.74) is 1.44. The Bertz CT molecular complexity index is 975. The first-order valence-electron chi connectivity index (χ1n) is 8.57. The average molecular weight is 399 g/mol. The molecule has 1 saturated heterocycles. The van der Waals surface area contributed by atoms with E-state index in [0.29, 0.717) is 20.6 Å². The Labute approximate surface area is 164 Å². The number of amides is 1. The smallest absolute Gasteiger partial charge is 0.269 e. The van der Waals surface area contributed by atoms with Crippen LogP contribution >= 0.6 is 22.7 Å². The second kappa shape index (κ2) is 7.67. The number of nitrogens with zero attached hydrogens (tertiary/aromatic N) is 2. The molecule has 4 rings (SSSR count). The number of nitrogens with one attached hydrogen (secondary N) is 1. The molecule has 1 unspecified atom stereocenters. The number of thiazole rings is 2. The number of anilines is 1. The van der Waals surface area contributed by atoms with Gasteiger partial charge < -0.3 is 4.74 Å². The summed E-state index contributed by atoms with van der Waals surface area (Å²) in [5, 5.41) is 4.02. The summed E-state index contributed by atoms with van der Waals surface area (Å²) in [4.78, 5) is 34.4. The predicted octanol–water partition coefficient (Wildman–Crippen LogP) is 4.57. The van der Waals surface area contributed by atoms with Crippen LogP contribution in [0.3, 0.4) is 0 Å². The molecule has 6 nitrogen and oxygen atoms in total. The third-order valence-corrected chi connectivity index (χ3v) is 6.33. The molecule has 1 fully saturated rings. The Morgan fingerprint density at radius 2 is 2.04 bits per heavy atom. The zero-order valence-electron chi connectivity index (χ0n) is 14.6. The third kappa shape index (κ3) is 3.83. The SMILES string of the molecule is CC(=O)c1sc(NC(=O)c2cnc(C3CCCO3)s2)nc1-c1ccccc1. The topological polar surface area (TPSA) is 81.2 Å². The van der Waals surface area contributed by atoms with E-state index in [9.17, 15) is 9.59 Å². The van der Waals surface area contributed by atoms with Crippen LogP contribution in [0.15, 0.2) is 36.5 Å². The van der Waals surface area contributed by atoms with Crippen LogP contribution < -0.4 is 5.32 Å². The zero-order valence-corrected chi connectivity index (χ0v) is 16.2. The van der Waals surface area contributed by atoms with Gasteiger partial charge in [0.2, 0.25) is 0 Å². The van der Waals surface area contributed by atoms with E-state index >= 15 is 0 Å². The molecule has 1 N–H and O–H groups in total. The van der Waals surface area contributed by atoms with Gasteiger partial charge in [-0.1, -0.05) is 41.7 Å². The average Bonchev–Trinajstić information content (AvgIpc) is 3.41. The maximum atomic E-state index is 12.6. The van der Waals surface area contributed by atoms with Crippen LogP contribution in [0, 0.1) is 0 Å². The highest BCUT2D eigenvalue weighted by molar-refractivity contribution is 7.18. The lowest BCUT2D eigenvalue weighted by Crippen LogP contribution is -2.09. The highest BCUT2D eigenvalue weighted by atomic mass is 32.1. The first-order chi connectivity index (χ1) is 13.1. The first kappa shape index (κ1) is 18.0. The molecular weight excluding hydrogens is 382 g/mol. The Morgan fingerprint density at radius 1 is 1.22 bits per heavy atom. The molecule has 0 bridgehead atoms. The van der Waals surface area contributed by atoms with Crippen molar-refractivity contribution in [1.82, 2.24) is 9.97 Å². The van der Waals surface area contributed by atoms with Gasteiger partial charge in [-0.05, 0) is 12.8 Å². The molecular formula is C19H17N3O3S2. The van der Waals surface area contributed by atoms with E-state index in [1.165, 1.54) is 29.6 Å². The summed E-state index contributed by atoms with van der Waals surface area (Å²) in [5.74, 6) is -0.356. The molecule has 1 aliphatic rings. The van der Waals surface area contributed by atoms with Crippen molar-refractivity contribution in [3.8, 4) is 11.3 Å². The molecule has 1 aliphatic heterocycles. The Balaban J connectivity index is 1.55. The van der Waals surface area contributed by atoms with Gasteiger partial charge in [0.15, 0.2) is 10.9 Å². The number of hydrogen-bond acceptors (Lipinski definition) is 7. The zero-order chi connectivity index (χ0) is 18.8. The number of Topliss-reactive ketones (excluding diaryl/α,β-unsaturated/α-hetero) is 1. The second-order valence-electron chi connectivity index (χ2n) is 6.14. The van der Waals surface area contributed by atoms with E-state index in [2.05, 4.69) is 15.3 Å². The van der Waals surface area contributed by atoms with E-state index in [4.69, 9.17) is 4.74 Å². The third-order valence-electron chi connectivity index (χ3n) is 4.17. The van der Waals surface area contributed by atoms with Crippen molar-refractivity contribution < 1.29 is 14.3 Å². The molecule has 27 heavy (non-hydrogen) atoms. The number of ether oxygens (including phenoxy) is 1. The lowest BCUT2D eigenvalue weighted by Gasteiger charge is -2.03. The van der Waals surface area contributed by atoms with Gasteiger partial charge in [-0.25, -0.2) is 9.97 Å². The standard InChI is InChI=1S/C19H17N3O3S2/c1-11(23)16-15(12-6-3-2-4-7-12)21-19(27-16)22-17(24)14-10-20-18(26-14)13-8-5-9-25-13/h2-4,6-7,10,13H,5,8-9H2,1H3,(H,21,22,24). The highest BCUT2D eigenvalue weighted by Crippen LogP contribution is 2.33. The fourth-order valence-corrected chi connectivity index (χ4v) is 4.65. The van der Waals surface area contributed by atoms with Crippen molar-refractivity contribution >= 4 is 39.5 Å². The summed E-state index contributed by atoms with van der Waals surface area (Å²) in [6, 6.07) is 9.47. The van der Waals surface area contributed by atoms with Crippen molar-refractivity contribution in [2.24, 2.45) is 0 Å². The number of ketones is 1. The van der Waals surface area contributed by atoms with Gasteiger partial charge in [0.25, 0.3) is 5.91 Å². The minimum Gasteiger partial charge on any atom is -0.371 e. The van der Waals surface area contributed by atoms with E-state index in [0.717, 1.165) is 30.0 Å². The first-order valence-corrected chi connectivity index (χ1v) is 10.2. The number of hydrogen-bond donors (Lipinski definition) is 1. The summed E-state index contributed by atoms with van der Waals surface area (Å²) >= 11 is 2.52. The van der Waals surface area contributed by atoms with E-state index < -0.39 is 0 Å². The van der Waals surface area contributed by atoms with Crippen LogP contribution in [0.25, 0.3) is 11.3 Å². The lowest BCUT2D eigenvalue weighted by molar-refractivity contribution is 0.101. The maximum Gasteiger partial charge on any atom is 0.269 e. The van der Waals surface area contributed by atoms with Crippen molar-refractivity contribution in [3.63, 3.8) is 0 Å². The number of benzene rings is 1. The molecule has 0 radical (unpaired) electrons. The number of rotatable bonds is 5. The number of carbonyl (C=O) groups excluding carboxylic acids is 2. The van der Waals surface area contributed by atoms with E-state index in [1.807, 2.05) is 30.3 Å². The summed E-state index contributed by atoms with van der Waals surface area (Å²) in [7, 11) is 0. The minimum atomic E-state index is -0.278. The van der Waals surface area contributed by atoms with Crippen LogP contribution in [0.5, 0.6) is 0 Å². The molecule has 3 aromatic rings. The van der Waals surface area contributed by atoms with E-state index in [-0.39, 0.29) is 17.8 Å². The largest absolute Gasteiger partial charge is 0.371 e. The molecule has 1 atom stereocenters.